The van der Waals surface area contributed by atoms with Gasteiger partial charge in [0.15, 0.2) is 4.77 Å². The lowest BCUT2D eigenvalue weighted by atomic mass is 10.1. The van der Waals surface area contributed by atoms with E-state index in [1.165, 1.54) is 9.79 Å². The molecule has 1 aromatic rings. The van der Waals surface area contributed by atoms with E-state index in [4.69, 9.17) is 14.6 Å². The smallest absolute Gasteiger partial charge is 0.159 e. The Bertz CT molecular complexity index is 431. The molecule has 104 valence electrons. The first-order valence-corrected chi connectivity index (χ1v) is 7.97. The van der Waals surface area contributed by atoms with Crippen molar-refractivity contribution in [2.24, 2.45) is 0 Å². The number of hydrogen-bond donors (Lipinski definition) is 2. The van der Waals surface area contributed by atoms with Gasteiger partial charge < -0.3 is 19.7 Å². The van der Waals surface area contributed by atoms with Crippen LogP contribution in [0.1, 0.15) is 6.92 Å². The minimum absolute atomic E-state index is 0.0689. The summed E-state index contributed by atoms with van der Waals surface area (Å²) in [7, 11) is 0. The molecule has 4 atom stereocenters. The third-order valence-corrected chi connectivity index (χ3v) is 5.85. The van der Waals surface area contributed by atoms with Crippen LogP contribution < -0.4 is 0 Å². The molecule has 4 nitrogen and oxygen atoms in total. The maximum Gasteiger partial charge on any atom is 0.159 e. The molecule has 0 radical (unpaired) electrons. The molecule has 2 aliphatic heterocycles. The second-order valence-corrected chi connectivity index (χ2v) is 7.13. The molecule has 19 heavy (non-hydrogen) atoms. The van der Waals surface area contributed by atoms with Crippen LogP contribution in [-0.2, 0) is 9.47 Å². The maximum absolute atomic E-state index is 10.1. The lowest BCUT2D eigenvalue weighted by Crippen LogP contribution is -2.36. The van der Waals surface area contributed by atoms with Crippen molar-refractivity contribution < 1.29 is 19.7 Å². The molecule has 1 saturated heterocycles. The Morgan fingerprint density at radius 2 is 1.89 bits per heavy atom. The van der Waals surface area contributed by atoms with Crippen molar-refractivity contribution in [2.45, 2.75) is 45.9 Å². The normalized spacial score (nSPS) is 34.7. The van der Waals surface area contributed by atoms with Crippen LogP contribution in [0.25, 0.3) is 0 Å². The van der Waals surface area contributed by atoms with Gasteiger partial charge in [0.2, 0.25) is 0 Å². The van der Waals surface area contributed by atoms with E-state index in [2.05, 4.69) is 12.1 Å². The van der Waals surface area contributed by atoms with Crippen LogP contribution in [0, 0.1) is 0 Å². The fourth-order valence-corrected chi connectivity index (χ4v) is 4.89. The molecule has 2 N–H and O–H groups in total. The number of rotatable bonds is 3. The Kier molecular flexibility index (Phi) is 4.07. The summed E-state index contributed by atoms with van der Waals surface area (Å²) < 4.78 is 11.4. The highest BCUT2D eigenvalue weighted by atomic mass is 32.2. The predicted octanol–water partition coefficient (Wildman–Crippen LogP) is 1.69. The Labute approximate surface area is 120 Å². The van der Waals surface area contributed by atoms with Crippen molar-refractivity contribution >= 4 is 23.5 Å². The molecule has 0 aliphatic carbocycles. The van der Waals surface area contributed by atoms with E-state index in [1.807, 2.05) is 19.1 Å². The number of aliphatic hydroxyl groups excluding tert-OH is 2. The Morgan fingerprint density at radius 1 is 1.26 bits per heavy atom. The highest BCUT2D eigenvalue weighted by Gasteiger charge is 2.43. The second kappa shape index (κ2) is 5.63. The van der Waals surface area contributed by atoms with Crippen LogP contribution >= 0.6 is 23.5 Å². The van der Waals surface area contributed by atoms with Gasteiger partial charge in [-0.1, -0.05) is 35.7 Å². The molecule has 0 bridgehead atoms. The summed E-state index contributed by atoms with van der Waals surface area (Å²) >= 11 is 3.29. The molecule has 2 heterocycles. The van der Waals surface area contributed by atoms with Gasteiger partial charge in [-0.25, -0.2) is 0 Å². The maximum atomic E-state index is 10.1. The first-order valence-electron chi connectivity index (χ1n) is 6.21. The highest BCUT2D eigenvalue weighted by Crippen LogP contribution is 2.49. The molecular weight excluding hydrogens is 284 g/mol. The van der Waals surface area contributed by atoms with Crippen LogP contribution in [-0.4, -0.2) is 46.0 Å². The van der Waals surface area contributed by atoms with Crippen LogP contribution in [0.4, 0.5) is 0 Å². The highest BCUT2D eigenvalue weighted by molar-refractivity contribution is 8.19. The fourth-order valence-electron chi connectivity index (χ4n) is 2.33. The molecule has 1 fully saturated rings. The summed E-state index contributed by atoms with van der Waals surface area (Å²) in [6.45, 7) is 1.68. The minimum Gasteiger partial charge on any atom is -0.394 e. The van der Waals surface area contributed by atoms with E-state index in [-0.39, 0.29) is 17.5 Å². The van der Waals surface area contributed by atoms with E-state index in [0.29, 0.717) is 0 Å². The standard InChI is InChI=1S/C13H16O4S2/c1-7-12(11(15)8(6-14)16-7)17-13-18-9-4-2-3-5-10(9)19-13/h2-5,7-8,11-15H,6H2,1H3/t7-,8+,11-,12?/m0/s1. The van der Waals surface area contributed by atoms with Gasteiger partial charge in [-0.2, -0.15) is 0 Å². The summed E-state index contributed by atoms with van der Waals surface area (Å²) in [5.41, 5.74) is 0. The van der Waals surface area contributed by atoms with E-state index in [0.717, 1.165) is 0 Å². The minimum atomic E-state index is -0.773. The van der Waals surface area contributed by atoms with Gasteiger partial charge in [0.1, 0.15) is 18.3 Å². The molecule has 0 spiro atoms. The third kappa shape index (κ3) is 2.66. The SMILES string of the molecule is C[C@@H]1O[C@H](CO)[C@H](O)C1OC1Sc2ccccc2S1. The third-order valence-electron chi connectivity index (χ3n) is 3.31. The number of ether oxygens (including phenoxy) is 2. The summed E-state index contributed by atoms with van der Waals surface area (Å²) in [6.07, 6.45) is -1.92. The van der Waals surface area contributed by atoms with Gasteiger partial charge in [0.25, 0.3) is 0 Å². The van der Waals surface area contributed by atoms with Gasteiger partial charge in [-0.3, -0.25) is 0 Å². The van der Waals surface area contributed by atoms with Crippen LogP contribution in [0.3, 0.4) is 0 Å². The Morgan fingerprint density at radius 3 is 2.42 bits per heavy atom. The zero-order valence-electron chi connectivity index (χ0n) is 10.4. The number of fused-ring (bicyclic) bond motifs is 1. The van der Waals surface area contributed by atoms with E-state index in [9.17, 15) is 5.11 Å². The molecule has 1 unspecified atom stereocenters. The first kappa shape index (κ1) is 13.7. The summed E-state index contributed by atoms with van der Waals surface area (Å²) in [6, 6.07) is 8.15. The van der Waals surface area contributed by atoms with E-state index in [1.54, 1.807) is 23.5 Å². The molecule has 6 heteroatoms. The van der Waals surface area contributed by atoms with E-state index >= 15 is 0 Å². The lowest BCUT2D eigenvalue weighted by molar-refractivity contribution is -0.0215. The molecule has 1 aromatic carbocycles. The number of thioether (sulfide) groups is 2. The molecule has 0 saturated carbocycles. The monoisotopic (exact) mass is 300 g/mol. The predicted molar refractivity (Wildman–Crippen MR) is 74.2 cm³/mol. The van der Waals surface area contributed by atoms with Gasteiger partial charge in [0, 0.05) is 9.79 Å². The molecule has 2 aliphatic rings. The quantitative estimate of drug-likeness (QED) is 0.886. The second-order valence-electron chi connectivity index (χ2n) is 4.62. The van der Waals surface area contributed by atoms with Crippen molar-refractivity contribution in [2.75, 3.05) is 6.61 Å². The summed E-state index contributed by atoms with van der Waals surface area (Å²) in [5, 5.41) is 19.2. The largest absolute Gasteiger partial charge is 0.394 e. The lowest BCUT2D eigenvalue weighted by Gasteiger charge is -2.21. The Balaban J connectivity index is 1.65. The van der Waals surface area contributed by atoms with Crippen LogP contribution in [0.2, 0.25) is 0 Å². The zero-order valence-corrected chi connectivity index (χ0v) is 12.1. The van der Waals surface area contributed by atoms with Crippen LogP contribution in [0.15, 0.2) is 34.1 Å². The van der Waals surface area contributed by atoms with Gasteiger partial charge in [-0.05, 0) is 19.1 Å². The van der Waals surface area contributed by atoms with Crippen molar-refractivity contribution in [1.29, 1.82) is 0 Å². The van der Waals surface area contributed by atoms with Gasteiger partial charge >= 0.3 is 0 Å². The van der Waals surface area contributed by atoms with Crippen molar-refractivity contribution in [3.63, 3.8) is 0 Å². The van der Waals surface area contributed by atoms with E-state index < -0.39 is 18.3 Å². The zero-order chi connectivity index (χ0) is 13.4. The topological polar surface area (TPSA) is 58.9 Å². The van der Waals surface area contributed by atoms with Crippen molar-refractivity contribution in [3.05, 3.63) is 24.3 Å². The molecule has 0 amide bonds. The number of aliphatic hydroxyl groups is 2. The van der Waals surface area contributed by atoms with Crippen molar-refractivity contribution in [3.8, 4) is 0 Å². The van der Waals surface area contributed by atoms with Gasteiger partial charge in [0.05, 0.1) is 12.7 Å². The molecule has 3 rings (SSSR count). The van der Waals surface area contributed by atoms with Gasteiger partial charge in [-0.15, -0.1) is 0 Å². The average molecular weight is 300 g/mol. The number of hydrogen-bond acceptors (Lipinski definition) is 6. The molecular formula is C13H16O4S2. The van der Waals surface area contributed by atoms with Crippen LogP contribution in [0.5, 0.6) is 0 Å². The molecule has 0 aromatic heterocycles. The summed E-state index contributed by atoms with van der Waals surface area (Å²) in [5.74, 6) is 0. The first-order chi connectivity index (χ1) is 9.19. The average Bonchev–Trinajstić information content (AvgIpc) is 2.94. The Hall–Kier alpha value is -0.240. The summed E-state index contributed by atoms with van der Waals surface area (Å²) in [4.78, 5) is 2.41. The fraction of sp³-hybridized carbons (Fsp3) is 0.538. The number of benzene rings is 1. The van der Waals surface area contributed by atoms with Crippen molar-refractivity contribution in [1.82, 2.24) is 0 Å².